The van der Waals surface area contributed by atoms with Gasteiger partial charge < -0.3 is 9.30 Å². The van der Waals surface area contributed by atoms with Crippen LogP contribution in [0.3, 0.4) is 0 Å². The summed E-state index contributed by atoms with van der Waals surface area (Å²) in [5, 5.41) is 0. The predicted octanol–water partition coefficient (Wildman–Crippen LogP) is 4.43. The van der Waals surface area contributed by atoms with E-state index in [0.29, 0.717) is 23.7 Å². The smallest absolute Gasteiger partial charge is 0.252 e. The van der Waals surface area contributed by atoms with Crippen molar-refractivity contribution in [2.24, 2.45) is 12.0 Å². The van der Waals surface area contributed by atoms with E-state index < -0.39 is 0 Å². The van der Waals surface area contributed by atoms with Crippen LogP contribution >= 0.6 is 11.3 Å². The van der Waals surface area contributed by atoms with Crippen LogP contribution in [0.1, 0.15) is 37.8 Å². The fourth-order valence-corrected chi connectivity index (χ4v) is 3.94. The number of carbonyl (C=O) groups excluding carboxylic acids is 1. The molecule has 26 heavy (non-hydrogen) atoms. The van der Waals surface area contributed by atoms with Gasteiger partial charge in [0.15, 0.2) is 4.80 Å². The summed E-state index contributed by atoms with van der Waals surface area (Å²) in [7, 11) is 1.92. The molecule has 0 N–H and O–H groups in total. The van der Waals surface area contributed by atoms with E-state index in [2.05, 4.69) is 31.0 Å². The Morgan fingerprint density at radius 1 is 1.19 bits per heavy atom. The molecule has 0 radical (unpaired) electrons. The van der Waals surface area contributed by atoms with Gasteiger partial charge >= 0.3 is 0 Å². The van der Waals surface area contributed by atoms with Crippen molar-refractivity contribution in [1.29, 1.82) is 0 Å². The lowest BCUT2D eigenvalue weighted by atomic mass is 10.0. The van der Waals surface area contributed by atoms with E-state index in [1.807, 2.05) is 48.9 Å². The lowest BCUT2D eigenvalue weighted by Gasteiger charge is -2.06. The Morgan fingerprint density at radius 2 is 1.92 bits per heavy atom. The molecule has 0 atom stereocenters. The molecule has 136 valence electrons. The molecule has 4 nitrogen and oxygen atoms in total. The number of ether oxygens (including phenoxy) is 1. The van der Waals surface area contributed by atoms with Crippen molar-refractivity contribution in [3.05, 3.63) is 58.4 Å². The third-order valence-electron chi connectivity index (χ3n) is 4.31. The fraction of sp³-hybridized carbons (Fsp3) is 0.333. The van der Waals surface area contributed by atoms with Gasteiger partial charge in [0.25, 0.3) is 5.91 Å². The molecule has 0 saturated heterocycles. The Balaban J connectivity index is 1.88. The van der Waals surface area contributed by atoms with Crippen LogP contribution in [0.25, 0.3) is 10.2 Å². The molecule has 2 aromatic carbocycles. The van der Waals surface area contributed by atoms with Gasteiger partial charge in [-0.3, -0.25) is 4.79 Å². The second-order valence-corrected chi connectivity index (χ2v) is 7.57. The maximum absolute atomic E-state index is 12.4. The molecule has 5 heteroatoms. The Hall–Kier alpha value is -2.40. The predicted molar refractivity (Wildman–Crippen MR) is 107 cm³/mol. The third kappa shape index (κ3) is 3.88. The second kappa shape index (κ2) is 7.87. The van der Waals surface area contributed by atoms with Crippen molar-refractivity contribution in [3.63, 3.8) is 0 Å². The van der Waals surface area contributed by atoms with Crippen LogP contribution in [0.2, 0.25) is 0 Å². The fourth-order valence-electron chi connectivity index (χ4n) is 2.89. The summed E-state index contributed by atoms with van der Waals surface area (Å²) < 4.78 is 8.70. The average molecular weight is 369 g/mol. The topological polar surface area (TPSA) is 43.6 Å². The number of carbonyl (C=O) groups is 1. The first-order chi connectivity index (χ1) is 12.5. The number of hydrogen-bond donors (Lipinski definition) is 0. The van der Waals surface area contributed by atoms with E-state index in [0.717, 1.165) is 21.5 Å². The monoisotopic (exact) mass is 368 g/mol. The van der Waals surface area contributed by atoms with Crippen LogP contribution in [-0.4, -0.2) is 17.1 Å². The van der Waals surface area contributed by atoms with E-state index in [-0.39, 0.29) is 5.91 Å². The number of para-hydroxylation sites is 1. The lowest BCUT2D eigenvalue weighted by molar-refractivity contribution is -0.117. The van der Waals surface area contributed by atoms with Crippen LogP contribution in [0, 0.1) is 0 Å². The van der Waals surface area contributed by atoms with E-state index in [1.54, 1.807) is 0 Å². The van der Waals surface area contributed by atoms with Crippen LogP contribution in [0.4, 0.5) is 0 Å². The SMILES string of the molecule is CCOc1cccc2sc(=NC(=O)Cc3ccc(C(C)C)cc3)n(C)c12. The van der Waals surface area contributed by atoms with Crippen molar-refractivity contribution in [1.82, 2.24) is 4.57 Å². The third-order valence-corrected chi connectivity index (χ3v) is 5.40. The second-order valence-electron chi connectivity index (χ2n) is 6.56. The molecule has 3 rings (SSSR count). The van der Waals surface area contributed by atoms with Crippen LogP contribution in [-0.2, 0) is 18.3 Å². The standard InChI is InChI=1S/C21H24N2O2S/c1-5-25-17-7-6-8-18-20(17)23(4)21(26-18)22-19(24)13-15-9-11-16(12-10-15)14(2)3/h6-12,14H,5,13H2,1-4H3. The summed E-state index contributed by atoms with van der Waals surface area (Å²) in [5.41, 5.74) is 3.24. The van der Waals surface area contributed by atoms with Crippen molar-refractivity contribution >= 4 is 27.5 Å². The van der Waals surface area contributed by atoms with E-state index in [4.69, 9.17) is 4.74 Å². The Kier molecular flexibility index (Phi) is 5.57. The highest BCUT2D eigenvalue weighted by molar-refractivity contribution is 7.16. The highest BCUT2D eigenvalue weighted by Crippen LogP contribution is 2.26. The summed E-state index contributed by atoms with van der Waals surface area (Å²) in [5.74, 6) is 1.17. The van der Waals surface area contributed by atoms with Gasteiger partial charge in [0.1, 0.15) is 11.3 Å². The largest absolute Gasteiger partial charge is 0.492 e. The Morgan fingerprint density at radius 3 is 2.58 bits per heavy atom. The molecule has 0 aliphatic rings. The van der Waals surface area contributed by atoms with Crippen LogP contribution in [0.5, 0.6) is 5.75 Å². The average Bonchev–Trinajstić information content (AvgIpc) is 2.92. The number of benzene rings is 2. The quantitative estimate of drug-likeness (QED) is 0.668. The van der Waals surface area contributed by atoms with E-state index in [9.17, 15) is 4.79 Å². The van der Waals surface area contributed by atoms with Crippen LogP contribution in [0.15, 0.2) is 47.5 Å². The summed E-state index contributed by atoms with van der Waals surface area (Å²) >= 11 is 1.50. The molecular formula is C21H24N2O2S. The van der Waals surface area contributed by atoms with Crippen molar-refractivity contribution in [2.45, 2.75) is 33.1 Å². The van der Waals surface area contributed by atoms with Gasteiger partial charge in [-0.15, -0.1) is 0 Å². The first-order valence-electron chi connectivity index (χ1n) is 8.87. The Labute approximate surface area is 157 Å². The molecule has 0 saturated carbocycles. The van der Waals surface area contributed by atoms with Gasteiger partial charge in [0, 0.05) is 7.05 Å². The zero-order valence-corrected chi connectivity index (χ0v) is 16.5. The zero-order chi connectivity index (χ0) is 18.7. The molecule has 0 spiro atoms. The zero-order valence-electron chi connectivity index (χ0n) is 15.7. The minimum Gasteiger partial charge on any atom is -0.492 e. The molecule has 0 aliphatic heterocycles. The summed E-state index contributed by atoms with van der Waals surface area (Å²) in [6, 6.07) is 14.1. The molecular weight excluding hydrogens is 344 g/mol. The van der Waals surface area contributed by atoms with Crippen LogP contribution < -0.4 is 9.54 Å². The van der Waals surface area contributed by atoms with Gasteiger partial charge in [0.2, 0.25) is 0 Å². The summed E-state index contributed by atoms with van der Waals surface area (Å²) in [6.07, 6.45) is 0.310. The molecule has 1 amide bonds. The maximum Gasteiger partial charge on any atom is 0.252 e. The molecule has 0 bridgehead atoms. The minimum atomic E-state index is -0.137. The number of fused-ring (bicyclic) bond motifs is 1. The van der Waals surface area contributed by atoms with Crippen molar-refractivity contribution < 1.29 is 9.53 Å². The normalized spacial score (nSPS) is 12.1. The van der Waals surface area contributed by atoms with Crippen molar-refractivity contribution in [3.8, 4) is 5.75 Å². The number of thiazole rings is 1. The Bertz CT molecular complexity index is 981. The van der Waals surface area contributed by atoms with Crippen molar-refractivity contribution in [2.75, 3.05) is 6.61 Å². The molecule has 3 aromatic rings. The van der Waals surface area contributed by atoms with Gasteiger partial charge in [-0.1, -0.05) is 55.5 Å². The molecule has 0 unspecified atom stereocenters. The number of rotatable bonds is 5. The number of hydrogen-bond acceptors (Lipinski definition) is 3. The molecule has 0 aliphatic carbocycles. The number of aromatic nitrogens is 1. The van der Waals surface area contributed by atoms with Gasteiger partial charge in [0.05, 0.1) is 17.7 Å². The van der Waals surface area contributed by atoms with Gasteiger partial charge in [-0.05, 0) is 36.1 Å². The van der Waals surface area contributed by atoms with Gasteiger partial charge in [-0.2, -0.15) is 4.99 Å². The lowest BCUT2D eigenvalue weighted by Crippen LogP contribution is -2.14. The summed E-state index contributed by atoms with van der Waals surface area (Å²) in [4.78, 5) is 17.5. The summed E-state index contributed by atoms with van der Waals surface area (Å²) in [6.45, 7) is 6.89. The molecule has 1 heterocycles. The number of aryl methyl sites for hydroxylation is 1. The number of nitrogens with zero attached hydrogens (tertiary/aromatic N) is 2. The molecule has 0 fully saturated rings. The van der Waals surface area contributed by atoms with E-state index >= 15 is 0 Å². The maximum atomic E-state index is 12.4. The first kappa shape index (κ1) is 18.4. The first-order valence-corrected chi connectivity index (χ1v) is 9.69. The highest BCUT2D eigenvalue weighted by Gasteiger charge is 2.10. The van der Waals surface area contributed by atoms with E-state index in [1.165, 1.54) is 16.9 Å². The van der Waals surface area contributed by atoms with Gasteiger partial charge in [-0.25, -0.2) is 0 Å². The number of amides is 1. The molecule has 1 aromatic heterocycles. The minimum absolute atomic E-state index is 0.137. The highest BCUT2D eigenvalue weighted by atomic mass is 32.1.